The maximum Gasteiger partial charge on any atom is 0.417 e. The number of rotatable bonds is 8. The zero-order valence-electron chi connectivity index (χ0n) is 15.4. The molecular formula is C22H25NO4. The molecule has 1 amide bonds. The molecule has 0 bridgehead atoms. The summed E-state index contributed by atoms with van der Waals surface area (Å²) in [6.45, 7) is 1.91. The Morgan fingerprint density at radius 2 is 1.78 bits per heavy atom. The summed E-state index contributed by atoms with van der Waals surface area (Å²) in [5.74, 6) is 0. The molecule has 2 aromatic carbocycles. The van der Waals surface area contributed by atoms with Crippen LogP contribution in [-0.4, -0.2) is 31.6 Å². The molecule has 0 saturated carbocycles. The van der Waals surface area contributed by atoms with Gasteiger partial charge in [-0.25, -0.2) is 4.79 Å². The van der Waals surface area contributed by atoms with Crippen LogP contribution >= 0.6 is 0 Å². The van der Waals surface area contributed by atoms with E-state index in [0.29, 0.717) is 19.8 Å². The number of benzene rings is 2. The van der Waals surface area contributed by atoms with Crippen LogP contribution in [0.15, 0.2) is 54.6 Å². The van der Waals surface area contributed by atoms with E-state index in [0.717, 1.165) is 31.4 Å². The zero-order chi connectivity index (χ0) is 18.5. The van der Waals surface area contributed by atoms with Gasteiger partial charge in [-0.2, -0.15) is 0 Å². The van der Waals surface area contributed by atoms with Crippen molar-refractivity contribution in [2.24, 2.45) is 0 Å². The fourth-order valence-electron chi connectivity index (χ4n) is 3.71. The first-order valence-electron chi connectivity index (χ1n) is 9.64. The minimum Gasteiger partial charge on any atom is -0.417 e. The summed E-state index contributed by atoms with van der Waals surface area (Å²) in [5.41, 5.74) is 3.34. The molecule has 0 spiro atoms. The number of anilines is 1. The Bertz CT molecular complexity index is 764. The molecule has 0 N–H and O–H groups in total. The van der Waals surface area contributed by atoms with E-state index >= 15 is 0 Å². The number of para-hydroxylation sites is 1. The standard InChI is InChI=1S/C22H25NO4/c24-22-23-19-11-5-4-10-18(19)12-13-20(23)21(27-22)26-15-7-6-14-25-16-17-8-2-1-3-9-17/h1-5,8-11,20-21H,6-7,12-16H2. The third-order valence-electron chi connectivity index (χ3n) is 5.10. The summed E-state index contributed by atoms with van der Waals surface area (Å²) in [4.78, 5) is 14.1. The van der Waals surface area contributed by atoms with Gasteiger partial charge in [-0.3, -0.25) is 4.90 Å². The monoisotopic (exact) mass is 367 g/mol. The topological polar surface area (TPSA) is 48.0 Å². The van der Waals surface area contributed by atoms with Crippen LogP contribution in [0.4, 0.5) is 10.5 Å². The lowest BCUT2D eigenvalue weighted by molar-refractivity contribution is -0.0943. The lowest BCUT2D eigenvalue weighted by atomic mass is 9.96. The first-order chi connectivity index (χ1) is 13.3. The van der Waals surface area contributed by atoms with E-state index in [4.69, 9.17) is 14.2 Å². The molecule has 2 atom stereocenters. The Balaban J connectivity index is 1.18. The van der Waals surface area contributed by atoms with E-state index in [-0.39, 0.29) is 12.1 Å². The first-order valence-corrected chi connectivity index (χ1v) is 9.64. The highest BCUT2D eigenvalue weighted by molar-refractivity contribution is 5.92. The van der Waals surface area contributed by atoms with Crippen molar-refractivity contribution >= 4 is 11.8 Å². The summed E-state index contributed by atoms with van der Waals surface area (Å²) in [6.07, 6.45) is 2.84. The van der Waals surface area contributed by atoms with E-state index < -0.39 is 6.29 Å². The Morgan fingerprint density at radius 3 is 2.67 bits per heavy atom. The van der Waals surface area contributed by atoms with Gasteiger partial charge >= 0.3 is 6.09 Å². The Morgan fingerprint density at radius 1 is 1.00 bits per heavy atom. The molecule has 2 aliphatic heterocycles. The highest BCUT2D eigenvalue weighted by Gasteiger charge is 2.45. The second-order valence-corrected chi connectivity index (χ2v) is 6.97. The third-order valence-corrected chi connectivity index (χ3v) is 5.10. The van der Waals surface area contributed by atoms with E-state index in [1.165, 1.54) is 11.1 Å². The number of unbranched alkanes of at least 4 members (excludes halogenated alkanes) is 1. The average molecular weight is 367 g/mol. The fraction of sp³-hybridized carbons (Fsp3) is 0.409. The second kappa shape index (κ2) is 8.55. The number of nitrogens with zero attached hydrogens (tertiary/aromatic N) is 1. The van der Waals surface area contributed by atoms with Crippen molar-refractivity contribution in [3.05, 3.63) is 65.7 Å². The first kappa shape index (κ1) is 18.0. The third kappa shape index (κ3) is 4.15. The molecule has 2 heterocycles. The molecule has 5 nitrogen and oxygen atoms in total. The highest BCUT2D eigenvalue weighted by Crippen LogP contribution is 2.37. The lowest BCUT2D eigenvalue weighted by Crippen LogP contribution is -2.41. The van der Waals surface area contributed by atoms with Crippen LogP contribution in [0, 0.1) is 0 Å². The predicted octanol–water partition coefficient (Wildman–Crippen LogP) is 4.30. The lowest BCUT2D eigenvalue weighted by Gasteiger charge is -2.30. The van der Waals surface area contributed by atoms with Crippen molar-refractivity contribution in [3.8, 4) is 0 Å². The van der Waals surface area contributed by atoms with Crippen LogP contribution in [0.1, 0.15) is 30.4 Å². The SMILES string of the molecule is O=C1OC(OCCCCOCc2ccccc2)C2CCc3ccccc3N12. The average Bonchev–Trinajstić information content (AvgIpc) is 3.04. The smallest absolute Gasteiger partial charge is 0.417 e. The van der Waals surface area contributed by atoms with Crippen LogP contribution in [0.5, 0.6) is 0 Å². The minimum atomic E-state index is -0.476. The van der Waals surface area contributed by atoms with Crippen molar-refractivity contribution in [1.29, 1.82) is 0 Å². The van der Waals surface area contributed by atoms with Gasteiger partial charge in [-0.15, -0.1) is 0 Å². The van der Waals surface area contributed by atoms with Crippen LogP contribution in [-0.2, 0) is 27.2 Å². The van der Waals surface area contributed by atoms with Gasteiger partial charge in [0.05, 0.1) is 18.9 Å². The summed E-state index contributed by atoms with van der Waals surface area (Å²) in [6, 6.07) is 18.1. The second-order valence-electron chi connectivity index (χ2n) is 6.97. The van der Waals surface area contributed by atoms with E-state index in [1.54, 1.807) is 4.90 Å². The maximum atomic E-state index is 12.3. The minimum absolute atomic E-state index is 0.0262. The van der Waals surface area contributed by atoms with Crippen LogP contribution in [0.25, 0.3) is 0 Å². The molecule has 2 aromatic rings. The van der Waals surface area contributed by atoms with Gasteiger partial charge in [-0.1, -0.05) is 48.5 Å². The molecular weight excluding hydrogens is 342 g/mol. The normalized spacial score (nSPS) is 20.9. The van der Waals surface area contributed by atoms with Gasteiger partial charge in [0.25, 0.3) is 0 Å². The number of aryl methyl sites for hydroxylation is 1. The van der Waals surface area contributed by atoms with Crippen molar-refractivity contribution in [3.63, 3.8) is 0 Å². The summed E-state index contributed by atoms with van der Waals surface area (Å²) in [7, 11) is 0. The van der Waals surface area contributed by atoms with Crippen molar-refractivity contribution in [1.82, 2.24) is 0 Å². The number of cyclic esters (lactones) is 1. The number of carbonyl (C=O) groups excluding carboxylic acids is 1. The van der Waals surface area contributed by atoms with Crippen molar-refractivity contribution < 1.29 is 19.0 Å². The van der Waals surface area contributed by atoms with Gasteiger partial charge in [0.2, 0.25) is 6.29 Å². The number of hydrogen-bond donors (Lipinski definition) is 0. The van der Waals surface area contributed by atoms with E-state index in [2.05, 4.69) is 18.2 Å². The fourth-order valence-corrected chi connectivity index (χ4v) is 3.71. The maximum absolute atomic E-state index is 12.3. The molecule has 27 heavy (non-hydrogen) atoms. The quantitative estimate of drug-likeness (QED) is 0.653. The van der Waals surface area contributed by atoms with Gasteiger partial charge in [0.15, 0.2) is 0 Å². The van der Waals surface area contributed by atoms with Crippen LogP contribution in [0.2, 0.25) is 0 Å². The number of amides is 1. The highest BCUT2D eigenvalue weighted by atomic mass is 16.7. The van der Waals surface area contributed by atoms with Crippen molar-refractivity contribution in [2.75, 3.05) is 18.1 Å². The molecule has 2 aliphatic rings. The Labute approximate surface area is 159 Å². The Kier molecular flexibility index (Phi) is 5.70. The van der Waals surface area contributed by atoms with Gasteiger partial charge < -0.3 is 14.2 Å². The molecule has 142 valence electrons. The van der Waals surface area contributed by atoms with Gasteiger partial charge in [-0.05, 0) is 42.9 Å². The van der Waals surface area contributed by atoms with Crippen LogP contribution in [0.3, 0.4) is 0 Å². The number of ether oxygens (including phenoxy) is 3. The summed E-state index contributed by atoms with van der Waals surface area (Å²) < 4.78 is 17.1. The molecule has 0 aliphatic carbocycles. The molecule has 4 rings (SSSR count). The number of fused-ring (bicyclic) bond motifs is 3. The molecule has 1 saturated heterocycles. The molecule has 2 unspecified atom stereocenters. The summed E-state index contributed by atoms with van der Waals surface area (Å²) in [5, 5.41) is 0. The molecule has 5 heteroatoms. The van der Waals surface area contributed by atoms with Gasteiger partial charge in [0.1, 0.15) is 6.04 Å². The summed E-state index contributed by atoms with van der Waals surface area (Å²) >= 11 is 0. The largest absolute Gasteiger partial charge is 0.417 e. The number of hydrogen-bond acceptors (Lipinski definition) is 4. The van der Waals surface area contributed by atoms with Crippen LogP contribution < -0.4 is 4.90 Å². The van der Waals surface area contributed by atoms with E-state index in [1.807, 2.05) is 36.4 Å². The van der Waals surface area contributed by atoms with Crippen molar-refractivity contribution in [2.45, 2.75) is 44.6 Å². The molecule has 0 radical (unpaired) electrons. The molecule has 1 fully saturated rings. The predicted molar refractivity (Wildman–Crippen MR) is 103 cm³/mol. The van der Waals surface area contributed by atoms with Gasteiger partial charge in [0, 0.05) is 6.61 Å². The molecule has 0 aromatic heterocycles. The Hall–Kier alpha value is -2.37. The van der Waals surface area contributed by atoms with E-state index in [9.17, 15) is 4.79 Å². The number of carbonyl (C=O) groups is 1. The zero-order valence-corrected chi connectivity index (χ0v) is 15.4.